The molecule has 1 N–H and O–H groups in total. The van der Waals surface area contributed by atoms with Gasteiger partial charge in [-0.15, -0.1) is 0 Å². The van der Waals surface area contributed by atoms with E-state index in [0.29, 0.717) is 0 Å². The molecule has 1 heterocycles. The van der Waals surface area contributed by atoms with Gasteiger partial charge in [-0.2, -0.15) is 0 Å². The molecule has 5 atom stereocenters. The van der Waals surface area contributed by atoms with Crippen LogP contribution in [0.3, 0.4) is 0 Å². The van der Waals surface area contributed by atoms with E-state index >= 15 is 0 Å². The van der Waals surface area contributed by atoms with Crippen LogP contribution in [0.2, 0.25) is 18.1 Å². The van der Waals surface area contributed by atoms with E-state index in [4.69, 9.17) is 63.6 Å². The van der Waals surface area contributed by atoms with Crippen LogP contribution in [0.5, 0.6) is 0 Å². The van der Waals surface area contributed by atoms with Gasteiger partial charge in [0.15, 0.2) is 8.32 Å². The van der Waals surface area contributed by atoms with Gasteiger partial charge < -0.3 is 23.4 Å². The van der Waals surface area contributed by atoms with Gasteiger partial charge in [0, 0.05) is 11.8 Å². The lowest BCUT2D eigenvalue weighted by Crippen LogP contribution is -2.63. The Hall–Kier alpha value is -1.56. The molecule has 0 amide bonds. The standard InChI is InChI=1S/C23H33Cl3N4O6Si/c1-14(31)32-13-16-18(36-37(5,6)22(2,3)4)19(33-12-15-10-8-7-9-11-15)17(29-30-28)20(34-16)35-21(27)23(24,25)26/h7-11,16-20,27H,12-13H2,1-6H3/t16-,17-,18-,19-,20-/m1/s1. The van der Waals surface area contributed by atoms with Gasteiger partial charge in [0.2, 0.25) is 12.2 Å². The fourth-order valence-corrected chi connectivity index (χ4v) is 4.76. The molecule has 14 heteroatoms. The summed E-state index contributed by atoms with van der Waals surface area (Å²) in [5.41, 5.74) is 10.2. The Morgan fingerprint density at radius 3 is 2.32 bits per heavy atom. The number of benzene rings is 1. The molecule has 1 aromatic carbocycles. The van der Waals surface area contributed by atoms with Crippen LogP contribution in [0.25, 0.3) is 10.4 Å². The Bertz CT molecular complexity index is 983. The number of rotatable bonds is 9. The zero-order valence-electron chi connectivity index (χ0n) is 21.6. The van der Waals surface area contributed by atoms with E-state index in [0.717, 1.165) is 5.56 Å². The maximum Gasteiger partial charge on any atom is 0.302 e. The van der Waals surface area contributed by atoms with Gasteiger partial charge in [-0.1, -0.05) is 91.0 Å². The van der Waals surface area contributed by atoms with Crippen LogP contribution in [0.1, 0.15) is 33.3 Å². The molecule has 0 spiro atoms. The number of nitrogens with zero attached hydrogens (tertiary/aromatic N) is 3. The van der Waals surface area contributed by atoms with Crippen molar-refractivity contribution in [1.29, 1.82) is 5.41 Å². The Kier molecular flexibility index (Phi) is 11.1. The molecule has 206 valence electrons. The minimum absolute atomic E-state index is 0.148. The molecule has 0 unspecified atom stereocenters. The molecule has 2 rings (SSSR count). The highest BCUT2D eigenvalue weighted by atomic mass is 35.6. The number of carbonyl (C=O) groups is 1. The van der Waals surface area contributed by atoms with Crippen LogP contribution in [-0.2, 0) is 34.8 Å². The van der Waals surface area contributed by atoms with Crippen molar-refractivity contribution in [2.24, 2.45) is 5.11 Å². The highest BCUT2D eigenvalue weighted by molar-refractivity contribution is 6.76. The van der Waals surface area contributed by atoms with E-state index in [1.165, 1.54) is 6.92 Å². The number of esters is 1. The van der Waals surface area contributed by atoms with Gasteiger partial charge in [0.1, 0.15) is 31.0 Å². The number of halogens is 3. The molecule has 0 aromatic heterocycles. The zero-order chi connectivity index (χ0) is 28.0. The molecule has 1 aliphatic heterocycles. The quantitative estimate of drug-likeness (QED) is 0.0520. The van der Waals surface area contributed by atoms with Gasteiger partial charge in [-0.25, -0.2) is 0 Å². The van der Waals surface area contributed by atoms with Gasteiger partial charge in [-0.3, -0.25) is 10.2 Å². The first-order valence-corrected chi connectivity index (χ1v) is 15.6. The first-order valence-electron chi connectivity index (χ1n) is 11.6. The molecular formula is C23H33Cl3N4O6Si. The molecule has 0 aliphatic carbocycles. The Morgan fingerprint density at radius 1 is 1.19 bits per heavy atom. The van der Waals surface area contributed by atoms with Crippen molar-refractivity contribution in [2.45, 2.75) is 86.9 Å². The molecular weight excluding hydrogens is 563 g/mol. The molecule has 1 aromatic rings. The SMILES string of the molecule is CC(=O)OC[C@H]1O[C@H](OC(=N)C(Cl)(Cl)Cl)[C@H](N=[N+]=[N-])[C@@H](OCc2ccccc2)[C@@H]1O[Si](C)(C)C(C)(C)C. The second-order valence-electron chi connectivity index (χ2n) is 10.1. The summed E-state index contributed by atoms with van der Waals surface area (Å²) >= 11 is 17.4. The first-order chi connectivity index (χ1) is 17.1. The molecule has 0 radical (unpaired) electrons. The fraction of sp³-hybridized carbons (Fsp3) is 0.652. The fourth-order valence-electron chi connectivity index (χ4n) is 3.30. The van der Waals surface area contributed by atoms with E-state index in [-0.39, 0.29) is 18.3 Å². The van der Waals surface area contributed by atoms with Crippen LogP contribution in [0, 0.1) is 5.41 Å². The van der Waals surface area contributed by atoms with Crippen LogP contribution in [0.15, 0.2) is 35.4 Å². The molecule has 1 aliphatic rings. The summed E-state index contributed by atoms with van der Waals surface area (Å²) in [6.45, 7) is 11.5. The largest absolute Gasteiger partial charge is 0.463 e. The predicted molar refractivity (Wildman–Crippen MR) is 144 cm³/mol. The van der Waals surface area contributed by atoms with Crippen LogP contribution in [-0.4, -0.2) is 61.2 Å². The van der Waals surface area contributed by atoms with E-state index in [1.54, 1.807) is 0 Å². The predicted octanol–water partition coefficient (Wildman–Crippen LogP) is 6.29. The maximum absolute atomic E-state index is 11.7. The van der Waals surface area contributed by atoms with Gasteiger partial charge >= 0.3 is 5.97 Å². The third-order valence-electron chi connectivity index (χ3n) is 6.26. The lowest BCUT2D eigenvalue weighted by atomic mass is 9.97. The number of hydrogen-bond donors (Lipinski definition) is 1. The summed E-state index contributed by atoms with van der Waals surface area (Å²) in [6, 6.07) is 8.25. The normalized spacial score (nSPS) is 24.6. The molecule has 1 saturated heterocycles. The minimum Gasteiger partial charge on any atom is -0.463 e. The summed E-state index contributed by atoms with van der Waals surface area (Å²) in [4.78, 5) is 14.6. The molecule has 0 bridgehead atoms. The molecule has 1 fully saturated rings. The number of hydrogen-bond acceptors (Lipinski definition) is 8. The van der Waals surface area contributed by atoms with E-state index in [9.17, 15) is 10.3 Å². The van der Waals surface area contributed by atoms with E-state index in [2.05, 4.69) is 30.8 Å². The number of azide groups is 1. The third kappa shape index (κ3) is 9.00. The number of carbonyl (C=O) groups excluding carboxylic acids is 1. The number of ether oxygens (including phenoxy) is 4. The van der Waals surface area contributed by atoms with E-state index in [1.807, 2.05) is 43.4 Å². The van der Waals surface area contributed by atoms with Crippen molar-refractivity contribution >= 4 is 55.0 Å². The van der Waals surface area contributed by atoms with Gasteiger partial charge in [-0.05, 0) is 29.2 Å². The highest BCUT2D eigenvalue weighted by Gasteiger charge is 2.53. The van der Waals surface area contributed by atoms with Gasteiger partial charge in [0.05, 0.1) is 6.61 Å². The summed E-state index contributed by atoms with van der Waals surface area (Å²) < 4.78 is 27.7. The number of nitrogens with one attached hydrogen (secondary N) is 1. The topological polar surface area (TPSA) is 136 Å². The monoisotopic (exact) mass is 594 g/mol. The Balaban J connectivity index is 2.54. The maximum atomic E-state index is 11.7. The lowest BCUT2D eigenvalue weighted by molar-refractivity contribution is -0.252. The van der Waals surface area contributed by atoms with Crippen LogP contribution >= 0.6 is 34.8 Å². The molecule has 10 nitrogen and oxygen atoms in total. The second kappa shape index (κ2) is 13.0. The van der Waals surface area contributed by atoms with Crippen molar-refractivity contribution in [1.82, 2.24) is 0 Å². The minimum atomic E-state index is -2.46. The number of alkyl halides is 3. The molecule has 0 saturated carbocycles. The first kappa shape index (κ1) is 31.7. The van der Waals surface area contributed by atoms with Crippen molar-refractivity contribution in [3.8, 4) is 0 Å². The average Bonchev–Trinajstić information content (AvgIpc) is 2.78. The van der Waals surface area contributed by atoms with Crippen molar-refractivity contribution in [3.05, 3.63) is 46.3 Å². The Morgan fingerprint density at radius 2 is 1.81 bits per heavy atom. The lowest BCUT2D eigenvalue weighted by Gasteiger charge is -2.49. The smallest absolute Gasteiger partial charge is 0.302 e. The van der Waals surface area contributed by atoms with Crippen molar-refractivity contribution in [2.75, 3.05) is 6.61 Å². The summed E-state index contributed by atoms with van der Waals surface area (Å²) in [7, 11) is -2.46. The highest BCUT2D eigenvalue weighted by Crippen LogP contribution is 2.41. The Labute approximate surface area is 233 Å². The van der Waals surface area contributed by atoms with Crippen LogP contribution in [0.4, 0.5) is 0 Å². The van der Waals surface area contributed by atoms with Crippen LogP contribution < -0.4 is 0 Å². The zero-order valence-corrected chi connectivity index (χ0v) is 24.9. The third-order valence-corrected chi connectivity index (χ3v) is 11.3. The van der Waals surface area contributed by atoms with Crippen molar-refractivity contribution in [3.63, 3.8) is 0 Å². The summed E-state index contributed by atoms with van der Waals surface area (Å²) in [5.74, 6) is -1.27. The summed E-state index contributed by atoms with van der Waals surface area (Å²) in [6.07, 6.45) is -4.04. The summed E-state index contributed by atoms with van der Waals surface area (Å²) in [5, 5.41) is 11.7. The molecule has 37 heavy (non-hydrogen) atoms. The van der Waals surface area contributed by atoms with E-state index < -0.39 is 54.6 Å². The average molecular weight is 596 g/mol. The van der Waals surface area contributed by atoms with Gasteiger partial charge in [0.25, 0.3) is 3.79 Å². The second-order valence-corrected chi connectivity index (χ2v) is 17.1. The van der Waals surface area contributed by atoms with Crippen molar-refractivity contribution < 1.29 is 28.2 Å².